The van der Waals surface area contributed by atoms with Gasteiger partial charge < -0.3 is 4.90 Å². The van der Waals surface area contributed by atoms with Crippen LogP contribution in [0.25, 0.3) is 5.69 Å². The van der Waals surface area contributed by atoms with Crippen molar-refractivity contribution in [2.24, 2.45) is 0 Å². The zero-order chi connectivity index (χ0) is 19.0. The molecule has 7 heteroatoms. The van der Waals surface area contributed by atoms with Gasteiger partial charge in [-0.05, 0) is 44.9 Å². The second-order valence-corrected chi connectivity index (χ2v) is 7.07. The molecule has 0 spiro atoms. The summed E-state index contributed by atoms with van der Waals surface area (Å²) in [7, 11) is 0. The number of carbonyl (C=O) groups excluding carboxylic acids is 1. The van der Waals surface area contributed by atoms with Crippen LogP contribution >= 0.6 is 0 Å². The molecule has 7 nitrogen and oxygen atoms in total. The van der Waals surface area contributed by atoms with Gasteiger partial charge in [-0.25, -0.2) is 9.48 Å². The van der Waals surface area contributed by atoms with Crippen LogP contribution < -0.4 is 5.32 Å². The fourth-order valence-electron chi connectivity index (χ4n) is 3.54. The molecule has 0 radical (unpaired) electrons. The van der Waals surface area contributed by atoms with Crippen molar-refractivity contribution in [3.05, 3.63) is 59.0 Å². The Bertz CT molecular complexity index is 986. The fourth-order valence-corrected chi connectivity index (χ4v) is 3.54. The Hall–Kier alpha value is -3.09. The number of fused-ring (bicyclic) bond motifs is 1. The molecule has 1 N–H and O–H groups in total. The van der Waals surface area contributed by atoms with Crippen LogP contribution in [-0.2, 0) is 13.1 Å². The number of nitrogens with zero attached hydrogens (tertiary/aromatic N) is 5. The minimum absolute atomic E-state index is 0.114. The summed E-state index contributed by atoms with van der Waals surface area (Å²) in [6, 6.07) is 11.8. The van der Waals surface area contributed by atoms with E-state index in [2.05, 4.69) is 15.5 Å². The highest BCUT2D eigenvalue weighted by Gasteiger charge is 2.21. The Morgan fingerprint density at radius 2 is 1.81 bits per heavy atom. The smallest absolute Gasteiger partial charge is 0.319 e. The molecule has 0 atom stereocenters. The van der Waals surface area contributed by atoms with Gasteiger partial charge in [-0.2, -0.15) is 10.2 Å². The molecule has 3 aromatic rings. The first kappa shape index (κ1) is 17.3. The molecule has 1 aliphatic rings. The first-order chi connectivity index (χ1) is 13.0. The summed E-state index contributed by atoms with van der Waals surface area (Å²) >= 11 is 0. The molecule has 0 bridgehead atoms. The maximum Gasteiger partial charge on any atom is 0.323 e. The van der Waals surface area contributed by atoms with Gasteiger partial charge in [0, 0.05) is 19.2 Å². The van der Waals surface area contributed by atoms with Gasteiger partial charge in [-0.1, -0.05) is 18.2 Å². The number of anilines is 1. The summed E-state index contributed by atoms with van der Waals surface area (Å²) in [6.07, 6.45) is 0.887. The molecule has 1 aliphatic heterocycles. The van der Waals surface area contributed by atoms with Crippen LogP contribution in [-0.4, -0.2) is 37.0 Å². The number of nitrogens with one attached hydrogen (secondary N) is 1. The van der Waals surface area contributed by atoms with Crippen molar-refractivity contribution < 1.29 is 4.79 Å². The summed E-state index contributed by atoms with van der Waals surface area (Å²) in [6.45, 7) is 8.05. The summed E-state index contributed by atoms with van der Waals surface area (Å²) in [4.78, 5) is 14.8. The number of carbonyl (C=O) groups is 1. The predicted octanol–water partition coefficient (Wildman–Crippen LogP) is 3.43. The average molecular weight is 364 g/mol. The molecule has 0 saturated carbocycles. The van der Waals surface area contributed by atoms with Gasteiger partial charge in [0.2, 0.25) is 0 Å². The van der Waals surface area contributed by atoms with Crippen molar-refractivity contribution in [1.29, 1.82) is 0 Å². The van der Waals surface area contributed by atoms with Crippen LogP contribution in [0.1, 0.15) is 29.1 Å². The third-order valence-electron chi connectivity index (χ3n) is 4.83. The van der Waals surface area contributed by atoms with E-state index < -0.39 is 0 Å². The van der Waals surface area contributed by atoms with Gasteiger partial charge in [-0.3, -0.25) is 10.00 Å². The van der Waals surface area contributed by atoms with Crippen LogP contribution in [0, 0.1) is 20.8 Å². The zero-order valence-corrected chi connectivity index (χ0v) is 15.9. The van der Waals surface area contributed by atoms with E-state index in [4.69, 9.17) is 0 Å². The lowest BCUT2D eigenvalue weighted by molar-refractivity contribution is 0.210. The summed E-state index contributed by atoms with van der Waals surface area (Å²) in [5.74, 6) is 0.681. The quantitative estimate of drug-likeness (QED) is 0.757. The van der Waals surface area contributed by atoms with E-state index in [1.807, 2.05) is 66.8 Å². The minimum Gasteiger partial charge on any atom is -0.319 e. The number of rotatable bonds is 2. The number of amides is 2. The minimum atomic E-state index is -0.114. The van der Waals surface area contributed by atoms with E-state index >= 15 is 0 Å². The van der Waals surface area contributed by atoms with Gasteiger partial charge >= 0.3 is 6.03 Å². The van der Waals surface area contributed by atoms with Crippen LogP contribution in [0.4, 0.5) is 10.6 Å². The molecule has 140 valence electrons. The number of para-hydroxylation sites is 1. The van der Waals surface area contributed by atoms with Gasteiger partial charge in [0.1, 0.15) is 5.82 Å². The second-order valence-electron chi connectivity index (χ2n) is 7.07. The largest absolute Gasteiger partial charge is 0.323 e. The molecule has 1 aromatic carbocycles. The van der Waals surface area contributed by atoms with Gasteiger partial charge in [-0.15, -0.1) is 0 Å². The van der Waals surface area contributed by atoms with Crippen molar-refractivity contribution in [3.63, 3.8) is 0 Å². The molecule has 2 aromatic heterocycles. The van der Waals surface area contributed by atoms with Crippen LogP contribution in [0.2, 0.25) is 0 Å². The molecular weight excluding hydrogens is 340 g/mol. The first-order valence-corrected chi connectivity index (χ1v) is 9.23. The number of hydrogen-bond acceptors (Lipinski definition) is 3. The lowest BCUT2D eigenvalue weighted by Crippen LogP contribution is -2.35. The van der Waals surface area contributed by atoms with E-state index in [1.165, 1.54) is 0 Å². The molecule has 0 aliphatic carbocycles. The highest BCUT2D eigenvalue weighted by molar-refractivity contribution is 5.88. The molecule has 3 heterocycles. The van der Waals surface area contributed by atoms with Crippen LogP contribution in [0.3, 0.4) is 0 Å². The molecule has 27 heavy (non-hydrogen) atoms. The Kier molecular flexibility index (Phi) is 4.43. The summed E-state index contributed by atoms with van der Waals surface area (Å²) < 4.78 is 3.80. The van der Waals surface area contributed by atoms with E-state index in [0.717, 1.165) is 41.3 Å². The number of aryl methyl sites for hydroxylation is 4. The van der Waals surface area contributed by atoms with Gasteiger partial charge in [0.15, 0.2) is 0 Å². The monoisotopic (exact) mass is 364 g/mol. The molecular formula is C20H24N6O. The van der Waals surface area contributed by atoms with Crippen molar-refractivity contribution >= 4 is 11.8 Å². The number of aromatic nitrogens is 4. The Morgan fingerprint density at radius 1 is 1.04 bits per heavy atom. The number of urea groups is 1. The highest BCUT2D eigenvalue weighted by atomic mass is 16.2. The molecule has 0 saturated heterocycles. The fraction of sp³-hybridized carbons (Fsp3) is 0.350. The lowest BCUT2D eigenvalue weighted by Gasteiger charge is -2.21. The van der Waals surface area contributed by atoms with Crippen molar-refractivity contribution in [2.45, 2.75) is 40.3 Å². The molecule has 0 unspecified atom stereocenters. The second kappa shape index (κ2) is 6.90. The number of benzene rings is 1. The standard InChI is InChI=1S/C20H24N6O/c1-14-7-4-5-8-18(14)26-19(12-16(3)23-26)21-20(27)24-9-6-10-25-17(13-24)11-15(2)22-25/h4-5,7-8,11-12H,6,9-10,13H2,1-3H3,(H,21,27). The normalized spacial score (nSPS) is 14.0. The van der Waals surface area contributed by atoms with Crippen molar-refractivity contribution in [2.75, 3.05) is 11.9 Å². The zero-order valence-electron chi connectivity index (χ0n) is 15.9. The van der Waals surface area contributed by atoms with Crippen molar-refractivity contribution in [3.8, 4) is 5.69 Å². The predicted molar refractivity (Wildman–Crippen MR) is 104 cm³/mol. The van der Waals surface area contributed by atoms with E-state index in [-0.39, 0.29) is 6.03 Å². The first-order valence-electron chi connectivity index (χ1n) is 9.23. The average Bonchev–Trinajstić information content (AvgIpc) is 3.09. The maximum atomic E-state index is 13.0. The number of hydrogen-bond donors (Lipinski definition) is 1. The van der Waals surface area contributed by atoms with E-state index in [0.29, 0.717) is 18.9 Å². The van der Waals surface area contributed by atoms with Crippen molar-refractivity contribution in [1.82, 2.24) is 24.5 Å². The molecule has 0 fully saturated rings. The summed E-state index contributed by atoms with van der Waals surface area (Å²) in [5, 5.41) is 12.1. The van der Waals surface area contributed by atoms with E-state index in [9.17, 15) is 4.79 Å². The van der Waals surface area contributed by atoms with Crippen LogP contribution in [0.15, 0.2) is 36.4 Å². The van der Waals surface area contributed by atoms with E-state index in [1.54, 1.807) is 4.68 Å². The molecule has 4 rings (SSSR count). The Labute approximate surface area is 158 Å². The SMILES string of the molecule is Cc1cc2n(n1)CCCN(C(=O)Nc1cc(C)nn1-c1ccccc1C)C2. The highest BCUT2D eigenvalue weighted by Crippen LogP contribution is 2.21. The van der Waals surface area contributed by atoms with Gasteiger partial charge in [0.25, 0.3) is 0 Å². The maximum absolute atomic E-state index is 13.0. The van der Waals surface area contributed by atoms with Crippen LogP contribution in [0.5, 0.6) is 0 Å². The Morgan fingerprint density at radius 3 is 2.63 bits per heavy atom. The third kappa shape index (κ3) is 3.45. The topological polar surface area (TPSA) is 68.0 Å². The lowest BCUT2D eigenvalue weighted by atomic mass is 10.2. The third-order valence-corrected chi connectivity index (χ3v) is 4.83. The summed E-state index contributed by atoms with van der Waals surface area (Å²) in [5.41, 5.74) is 4.98. The van der Waals surface area contributed by atoms with Gasteiger partial charge in [0.05, 0.1) is 29.3 Å². The Balaban J connectivity index is 1.58. The molecule has 2 amide bonds.